The highest BCUT2D eigenvalue weighted by atomic mass is 16.3. The molecule has 250 valence electrons. The van der Waals surface area contributed by atoms with E-state index in [0.29, 0.717) is 66.5 Å². The molecule has 0 bridgehead atoms. The van der Waals surface area contributed by atoms with Crippen molar-refractivity contribution in [1.82, 2.24) is 9.97 Å². The Labute approximate surface area is 336 Å². The zero-order valence-corrected chi connectivity index (χ0v) is 30.4. The van der Waals surface area contributed by atoms with Crippen molar-refractivity contribution in [3.05, 3.63) is 133 Å². The molecule has 0 fully saturated rings. The number of benzene rings is 8. The minimum absolute atomic E-state index is 0.284. The van der Waals surface area contributed by atoms with Crippen LogP contribution >= 0.6 is 0 Å². The number of hydrazine groups is 1. The third-order valence-corrected chi connectivity index (χ3v) is 11.0. The van der Waals surface area contributed by atoms with Gasteiger partial charge < -0.3 is 4.42 Å². The van der Waals surface area contributed by atoms with E-state index in [2.05, 4.69) is 54.6 Å². The summed E-state index contributed by atoms with van der Waals surface area (Å²) in [5, 5.41) is 10.7. The van der Waals surface area contributed by atoms with Crippen LogP contribution in [0.15, 0.2) is 138 Å². The fourth-order valence-electron chi connectivity index (χ4n) is 8.70. The molecule has 11 rings (SSSR count). The van der Waals surface area contributed by atoms with Crippen LogP contribution in [0.2, 0.25) is 0 Å². The van der Waals surface area contributed by atoms with Crippen molar-refractivity contribution in [3.8, 4) is 22.4 Å². The van der Waals surface area contributed by atoms with E-state index in [4.69, 9.17) is 61.5 Å². The molecule has 1 aliphatic heterocycles. The lowest BCUT2D eigenvalue weighted by molar-refractivity contribution is 0.667. The fraction of sp³-hybridized carbons (Fsp3) is 0. The molecule has 0 N–H and O–H groups in total. The summed E-state index contributed by atoms with van der Waals surface area (Å²) in [5.41, 5.74) is 9.29. The van der Waals surface area contributed by atoms with Crippen molar-refractivity contribution in [3.63, 3.8) is 0 Å². The van der Waals surface area contributed by atoms with Crippen molar-refractivity contribution in [2.24, 2.45) is 0 Å². The Balaban J connectivity index is 1.38. The summed E-state index contributed by atoms with van der Waals surface area (Å²) < 4.78 is 7.00. The first-order valence-electron chi connectivity index (χ1n) is 18.4. The maximum absolute atomic E-state index is 7.00. The number of anilines is 4. The number of nitrogens with zero attached hydrogens (tertiary/aromatic N) is 4. The Kier molecular flexibility index (Phi) is 7.37. The lowest BCUT2D eigenvalue weighted by atomic mass is 9.75. The van der Waals surface area contributed by atoms with Gasteiger partial charge in [-0.15, -0.1) is 0 Å². The first-order valence-corrected chi connectivity index (χ1v) is 18.4. The van der Waals surface area contributed by atoms with Gasteiger partial charge in [-0.25, -0.2) is 20.0 Å². The van der Waals surface area contributed by atoms with Gasteiger partial charge >= 0.3 is 0 Å². The second-order valence-electron chi connectivity index (χ2n) is 14.4. The summed E-state index contributed by atoms with van der Waals surface area (Å²) in [6, 6.07) is 43.5. The van der Waals surface area contributed by atoms with Crippen molar-refractivity contribution in [1.29, 1.82) is 0 Å². The number of rotatable bonds is 3. The number of hydrogen-bond donors (Lipinski definition) is 0. The predicted octanol–water partition coefficient (Wildman–Crippen LogP) is 5.14. The summed E-state index contributed by atoms with van der Waals surface area (Å²) in [4.78, 5) is 10.7. The summed E-state index contributed by atoms with van der Waals surface area (Å²) in [6.07, 6.45) is 0. The smallest absolute Gasteiger partial charge is 0.251 e. The van der Waals surface area contributed by atoms with Gasteiger partial charge in [0, 0.05) is 33.0 Å². The maximum Gasteiger partial charge on any atom is 0.251 e. The minimum Gasteiger partial charge on any atom is -0.454 e. The first kappa shape index (κ1) is 33.7. The largest absolute Gasteiger partial charge is 0.454 e. The molecule has 0 aliphatic carbocycles. The van der Waals surface area contributed by atoms with E-state index in [-0.39, 0.29) is 5.95 Å². The molecule has 2 aromatic heterocycles. The Hall–Kier alpha value is -6.59. The Morgan fingerprint density at radius 3 is 1.79 bits per heavy atom. The molecule has 1 aliphatic rings. The van der Waals surface area contributed by atoms with Gasteiger partial charge in [0.25, 0.3) is 5.95 Å². The lowest BCUT2D eigenvalue weighted by Gasteiger charge is -2.44. The zero-order valence-electron chi connectivity index (χ0n) is 30.4. The van der Waals surface area contributed by atoms with Crippen LogP contribution in [0.4, 0.5) is 23.0 Å². The molecule has 57 heavy (non-hydrogen) atoms. The first-order chi connectivity index (χ1) is 27.8. The quantitative estimate of drug-likeness (QED) is 0.238. The molecule has 0 saturated carbocycles. The Bertz CT molecular complexity index is 3320. The van der Waals surface area contributed by atoms with Crippen LogP contribution in [-0.2, 0) is 0 Å². The third-order valence-electron chi connectivity index (χ3n) is 11.0. The average Bonchev–Trinajstić information content (AvgIpc) is 3.60. The number of furan rings is 1. The average molecular weight is 712 g/mol. The molecule has 11 heteroatoms. The van der Waals surface area contributed by atoms with Crippen LogP contribution in [0.5, 0.6) is 0 Å². The Morgan fingerprint density at radius 2 is 1.05 bits per heavy atom. The van der Waals surface area contributed by atoms with Crippen LogP contribution in [-0.4, -0.2) is 57.0 Å². The number of aromatic nitrogens is 2. The number of para-hydroxylation sites is 2. The summed E-state index contributed by atoms with van der Waals surface area (Å²) in [7, 11) is 39.9. The molecule has 0 spiro atoms. The second kappa shape index (κ2) is 12.5. The zero-order chi connectivity index (χ0) is 38.7. The van der Waals surface area contributed by atoms with E-state index in [1.54, 1.807) is 24.3 Å². The van der Waals surface area contributed by atoms with Gasteiger partial charge in [-0.05, 0) is 45.3 Å². The van der Waals surface area contributed by atoms with E-state index in [1.807, 2.05) is 64.6 Å². The molecule has 0 atom stereocenters. The standard InChI is InChI=1S/C46H22B6N4O/c47-24-19-31(49)41(32(50)20-24)42-29-13-5-7-15-35(29)53-46(54-42)56-44-40(28-12-4-3-11-27(28)38-30-14-6-8-16-37(30)57-45(38)44)39-26-10-2-1-9-23(26)17-18-36(39)55(56)43-33(51)21-25(48)22-34(43)52/h1-22H. The minimum atomic E-state index is 0.284. The molecule has 8 aromatic carbocycles. The van der Waals surface area contributed by atoms with Crippen LogP contribution < -0.4 is 42.8 Å². The highest BCUT2D eigenvalue weighted by molar-refractivity contribution is 6.49. The molecule has 0 saturated heterocycles. The Morgan fingerprint density at radius 1 is 0.456 bits per heavy atom. The SMILES string of the molecule is [B]c1cc([B])c(-c2nc(N3c4c(c5ccccc5c5c4oc4ccccc45)-c4c(ccc5ccccc45)N3c3c([B])cc([B])cc3[B])nc3ccccc23)c([B])c1. The summed E-state index contributed by atoms with van der Waals surface area (Å²) in [6.45, 7) is 0. The van der Waals surface area contributed by atoms with Crippen molar-refractivity contribution in [2.75, 3.05) is 10.0 Å². The highest BCUT2D eigenvalue weighted by Crippen LogP contribution is 2.57. The van der Waals surface area contributed by atoms with E-state index in [1.165, 1.54) is 0 Å². The van der Waals surface area contributed by atoms with Crippen molar-refractivity contribution in [2.45, 2.75) is 0 Å². The molecule has 5 nitrogen and oxygen atoms in total. The molecular weight excluding hydrogens is 689 g/mol. The lowest BCUT2D eigenvalue weighted by Crippen LogP contribution is -2.45. The second-order valence-corrected chi connectivity index (χ2v) is 14.4. The van der Waals surface area contributed by atoms with E-state index in [0.717, 1.165) is 60.1 Å². The number of hydrogen-bond acceptors (Lipinski definition) is 5. The van der Waals surface area contributed by atoms with E-state index in [9.17, 15) is 0 Å². The highest BCUT2D eigenvalue weighted by Gasteiger charge is 2.39. The van der Waals surface area contributed by atoms with Crippen LogP contribution in [0, 0.1) is 0 Å². The molecule has 3 heterocycles. The van der Waals surface area contributed by atoms with E-state index >= 15 is 0 Å². The van der Waals surface area contributed by atoms with Crippen LogP contribution in [0.25, 0.3) is 76.8 Å². The van der Waals surface area contributed by atoms with Gasteiger partial charge in [0.05, 0.1) is 16.9 Å². The summed E-state index contributed by atoms with van der Waals surface area (Å²) >= 11 is 0. The van der Waals surface area contributed by atoms with Gasteiger partial charge in [0.15, 0.2) is 5.58 Å². The monoisotopic (exact) mass is 712 g/mol. The normalized spacial score (nSPS) is 12.6. The molecule has 0 amide bonds. The van der Waals surface area contributed by atoms with Crippen LogP contribution in [0.1, 0.15) is 0 Å². The fourth-order valence-corrected chi connectivity index (χ4v) is 8.70. The third kappa shape index (κ3) is 4.91. The molecule has 12 radical (unpaired) electrons. The molecule has 10 aromatic rings. The van der Waals surface area contributed by atoms with Crippen molar-refractivity contribution < 1.29 is 4.42 Å². The molecular formula is C46H22B6N4O. The predicted molar refractivity (Wildman–Crippen MR) is 242 cm³/mol. The summed E-state index contributed by atoms with van der Waals surface area (Å²) in [5.74, 6) is 0.284. The topological polar surface area (TPSA) is 45.4 Å². The van der Waals surface area contributed by atoms with Gasteiger partial charge in [0.1, 0.15) is 58.3 Å². The van der Waals surface area contributed by atoms with Crippen LogP contribution in [0.3, 0.4) is 0 Å². The number of fused-ring (bicyclic) bond motifs is 13. The van der Waals surface area contributed by atoms with Gasteiger partial charge in [-0.1, -0.05) is 148 Å². The van der Waals surface area contributed by atoms with E-state index < -0.39 is 0 Å². The van der Waals surface area contributed by atoms with Crippen molar-refractivity contribution >= 4 is 157 Å². The molecule has 0 unspecified atom stereocenters. The van der Waals surface area contributed by atoms with Gasteiger partial charge in [0.2, 0.25) is 0 Å². The van der Waals surface area contributed by atoms with Gasteiger partial charge in [-0.3, -0.25) is 0 Å². The van der Waals surface area contributed by atoms with Gasteiger partial charge in [-0.2, -0.15) is 0 Å². The maximum atomic E-state index is 7.00.